The maximum atomic E-state index is 6.56. The Bertz CT molecular complexity index is 924. The van der Waals surface area contributed by atoms with E-state index in [0.717, 1.165) is 58.0 Å². The maximum absolute atomic E-state index is 6.56. The van der Waals surface area contributed by atoms with Crippen molar-refractivity contribution in [3.8, 4) is 0 Å². The van der Waals surface area contributed by atoms with Gasteiger partial charge in [-0.25, -0.2) is 0 Å². The highest BCUT2D eigenvalue weighted by Gasteiger charge is 2.45. The minimum absolute atomic E-state index is 0.0889. The highest BCUT2D eigenvalue weighted by molar-refractivity contribution is 8.18. The van der Waals surface area contributed by atoms with Crippen LogP contribution in [0.4, 0.5) is 0 Å². The lowest BCUT2D eigenvalue weighted by Gasteiger charge is -2.43. The van der Waals surface area contributed by atoms with E-state index in [1.54, 1.807) is 0 Å². The zero-order valence-electron chi connectivity index (χ0n) is 30.6. The van der Waals surface area contributed by atoms with Crippen molar-refractivity contribution in [2.24, 2.45) is 5.92 Å². The summed E-state index contributed by atoms with van der Waals surface area (Å²) in [4.78, 5) is 0. The van der Waals surface area contributed by atoms with Crippen molar-refractivity contribution >= 4 is 31.8 Å². The van der Waals surface area contributed by atoms with Crippen LogP contribution in [0.3, 0.4) is 0 Å². The van der Waals surface area contributed by atoms with Crippen molar-refractivity contribution in [2.45, 2.75) is 184 Å². The molecule has 0 spiro atoms. The van der Waals surface area contributed by atoms with E-state index in [9.17, 15) is 0 Å². The van der Waals surface area contributed by atoms with Gasteiger partial charge in [0.05, 0.1) is 28.5 Å². The molecule has 0 aromatic rings. The molecule has 3 heterocycles. The van der Waals surface area contributed by atoms with Crippen molar-refractivity contribution < 1.29 is 23.4 Å². The SMILES string of the molecule is C=CCCC[C@H]1C[C@H](CCC2(CC[C@@H](C)[C@H]3OC(C)(C)O[C@@H]3C/C=C\CCO[Si](C)(C)C(C)(C)C)SCCCS2)OC(C)(C)O1. The van der Waals surface area contributed by atoms with E-state index in [1.807, 2.05) is 6.08 Å². The first kappa shape index (κ1) is 39.6. The summed E-state index contributed by atoms with van der Waals surface area (Å²) in [7, 11) is -1.70. The minimum atomic E-state index is -1.70. The Hall–Kier alpha value is 0.197. The van der Waals surface area contributed by atoms with Crippen LogP contribution in [-0.2, 0) is 23.4 Å². The third-order valence-corrected chi connectivity index (χ3v) is 18.2. The van der Waals surface area contributed by atoms with E-state index >= 15 is 0 Å². The Kier molecular flexibility index (Phi) is 15.2. The fraction of sp³-hybridized carbons (Fsp3) is 0.892. The smallest absolute Gasteiger partial charge is 0.191 e. The summed E-state index contributed by atoms with van der Waals surface area (Å²) in [6, 6.07) is 0. The topological polar surface area (TPSA) is 46.2 Å². The van der Waals surface area contributed by atoms with E-state index in [2.05, 4.69) is 111 Å². The first-order chi connectivity index (χ1) is 21.0. The molecule has 8 heteroatoms. The molecule has 5 atom stereocenters. The molecule has 0 aromatic carbocycles. The van der Waals surface area contributed by atoms with Gasteiger partial charge < -0.3 is 23.4 Å². The van der Waals surface area contributed by atoms with Crippen LogP contribution in [0.25, 0.3) is 0 Å². The van der Waals surface area contributed by atoms with Gasteiger partial charge in [-0.15, -0.1) is 30.1 Å². The Labute approximate surface area is 287 Å². The molecule has 5 nitrogen and oxygen atoms in total. The van der Waals surface area contributed by atoms with E-state index in [-0.39, 0.29) is 33.5 Å². The molecule has 0 N–H and O–H groups in total. The van der Waals surface area contributed by atoms with E-state index in [4.69, 9.17) is 23.4 Å². The van der Waals surface area contributed by atoms with Crippen molar-refractivity contribution in [2.75, 3.05) is 18.1 Å². The second kappa shape index (κ2) is 17.2. The third kappa shape index (κ3) is 12.9. The van der Waals surface area contributed by atoms with Crippen LogP contribution in [0.15, 0.2) is 24.8 Å². The summed E-state index contributed by atoms with van der Waals surface area (Å²) in [5.74, 6) is 1.90. The molecule has 3 saturated heterocycles. The summed E-state index contributed by atoms with van der Waals surface area (Å²) in [5, 5.41) is 0.248. The van der Waals surface area contributed by atoms with Crippen molar-refractivity contribution in [3.05, 3.63) is 24.8 Å². The molecule has 3 aliphatic heterocycles. The summed E-state index contributed by atoms with van der Waals surface area (Å²) in [6.45, 7) is 26.9. The molecule has 0 unspecified atom stereocenters. The van der Waals surface area contributed by atoms with E-state index in [1.165, 1.54) is 30.8 Å². The summed E-state index contributed by atoms with van der Waals surface area (Å²) < 4.78 is 32.4. The number of allylic oxidation sites excluding steroid dienone is 1. The van der Waals surface area contributed by atoms with Crippen LogP contribution in [0.2, 0.25) is 18.1 Å². The molecular weight excluding hydrogens is 617 g/mol. The predicted octanol–water partition coefficient (Wildman–Crippen LogP) is 10.9. The zero-order chi connectivity index (χ0) is 33.4. The van der Waals surface area contributed by atoms with Crippen molar-refractivity contribution in [1.82, 2.24) is 0 Å². The number of hydrogen-bond acceptors (Lipinski definition) is 7. The van der Waals surface area contributed by atoms with Crippen LogP contribution < -0.4 is 0 Å². The lowest BCUT2D eigenvalue weighted by atomic mass is 9.91. The first-order valence-corrected chi connectivity index (χ1v) is 22.7. The molecule has 3 aliphatic rings. The number of hydrogen-bond donors (Lipinski definition) is 0. The molecule has 0 aromatic heterocycles. The average molecular weight is 685 g/mol. The van der Waals surface area contributed by atoms with Gasteiger partial charge in [0.2, 0.25) is 0 Å². The number of rotatable bonds is 17. The second-order valence-electron chi connectivity index (χ2n) is 16.1. The Morgan fingerprint density at radius 1 is 0.911 bits per heavy atom. The fourth-order valence-electron chi connectivity index (χ4n) is 6.56. The fourth-order valence-corrected chi connectivity index (χ4v) is 11.0. The van der Waals surface area contributed by atoms with E-state index < -0.39 is 19.9 Å². The molecule has 45 heavy (non-hydrogen) atoms. The quantitative estimate of drug-likeness (QED) is 0.0858. The average Bonchev–Trinajstić information content (AvgIpc) is 3.26. The lowest BCUT2D eigenvalue weighted by molar-refractivity contribution is -0.301. The number of ether oxygens (including phenoxy) is 4. The normalized spacial score (nSPS) is 29.2. The molecule has 0 amide bonds. The number of unbranched alkanes of at least 4 members (excludes halogenated alkanes) is 1. The predicted molar refractivity (Wildman–Crippen MR) is 198 cm³/mol. The van der Waals surface area contributed by atoms with Gasteiger partial charge in [0.15, 0.2) is 19.9 Å². The van der Waals surface area contributed by atoms with E-state index in [0.29, 0.717) is 5.92 Å². The van der Waals surface area contributed by atoms with Crippen molar-refractivity contribution in [1.29, 1.82) is 0 Å². The minimum Gasteiger partial charge on any atom is -0.417 e. The largest absolute Gasteiger partial charge is 0.417 e. The van der Waals surface area contributed by atoms with Crippen LogP contribution in [0, 0.1) is 5.92 Å². The molecule has 0 aliphatic carbocycles. The van der Waals surface area contributed by atoms with Gasteiger partial charge in [-0.2, -0.15) is 0 Å². The third-order valence-electron chi connectivity index (χ3n) is 10.1. The van der Waals surface area contributed by atoms with Gasteiger partial charge >= 0.3 is 0 Å². The Balaban J connectivity index is 1.53. The van der Waals surface area contributed by atoms with Gasteiger partial charge in [-0.3, -0.25) is 0 Å². The van der Waals surface area contributed by atoms with Crippen LogP contribution >= 0.6 is 23.5 Å². The van der Waals surface area contributed by atoms with Gasteiger partial charge in [-0.05, 0) is 127 Å². The Morgan fingerprint density at radius 3 is 2.20 bits per heavy atom. The van der Waals surface area contributed by atoms with Crippen LogP contribution in [0.1, 0.15) is 126 Å². The summed E-state index contributed by atoms with van der Waals surface area (Å²) in [5.41, 5.74) is 0. The maximum Gasteiger partial charge on any atom is 0.191 e. The molecular formula is C37H68O5S2Si. The van der Waals surface area contributed by atoms with Crippen LogP contribution in [-0.4, -0.2) is 66.5 Å². The van der Waals surface area contributed by atoms with Gasteiger partial charge in [0.25, 0.3) is 0 Å². The van der Waals surface area contributed by atoms with Crippen molar-refractivity contribution in [3.63, 3.8) is 0 Å². The highest BCUT2D eigenvalue weighted by atomic mass is 32.2. The van der Waals surface area contributed by atoms with Crippen LogP contribution in [0.5, 0.6) is 0 Å². The molecule has 0 bridgehead atoms. The molecule has 3 fully saturated rings. The first-order valence-electron chi connectivity index (χ1n) is 17.9. The molecule has 0 saturated carbocycles. The van der Waals surface area contributed by atoms with Gasteiger partial charge in [-0.1, -0.05) is 45.9 Å². The zero-order valence-corrected chi connectivity index (χ0v) is 33.2. The highest BCUT2D eigenvalue weighted by Crippen LogP contribution is 2.51. The number of thioether (sulfide) groups is 2. The lowest BCUT2D eigenvalue weighted by Crippen LogP contribution is -2.45. The summed E-state index contributed by atoms with van der Waals surface area (Å²) >= 11 is 4.40. The summed E-state index contributed by atoms with van der Waals surface area (Å²) in [6.07, 6.45) is 19.4. The molecule has 3 rings (SSSR count). The Morgan fingerprint density at radius 2 is 1.56 bits per heavy atom. The van der Waals surface area contributed by atoms with Gasteiger partial charge in [0.1, 0.15) is 0 Å². The molecule has 0 radical (unpaired) electrons. The van der Waals surface area contributed by atoms with Gasteiger partial charge in [0, 0.05) is 13.0 Å². The standard InChI is InChI=1S/C37H68O5S2Si/c1-12-13-15-19-30-28-31(40-35(6,7)39-30)22-24-37(43-26-18-27-44-37)23-21-29(2)33-32(41-36(8,9)42-33)20-16-14-17-25-38-45(10,11)34(3,4)5/h12,14,16,29-33H,1,13,15,17-28H2,2-11H3/b16-14-/t29-,30+,31+,32-,33-/m1/s1. The monoisotopic (exact) mass is 684 g/mol. The molecule has 262 valence electrons. The second-order valence-corrected chi connectivity index (χ2v) is 24.1.